The third-order valence-corrected chi connectivity index (χ3v) is 2.44. The van der Waals surface area contributed by atoms with Crippen LogP contribution in [0.2, 0.25) is 0 Å². The Bertz CT molecular complexity index is 578. The van der Waals surface area contributed by atoms with Gasteiger partial charge in [-0.05, 0) is 12.1 Å². The van der Waals surface area contributed by atoms with Crippen LogP contribution in [0.4, 0.5) is 5.82 Å². The van der Waals surface area contributed by atoms with Crippen LogP contribution in [0.5, 0.6) is 11.6 Å². The maximum atomic E-state index is 11.9. The number of rotatable bonds is 3. The zero-order valence-electron chi connectivity index (χ0n) is 10.0. The molecule has 0 aliphatic heterocycles. The van der Waals surface area contributed by atoms with Gasteiger partial charge in [0.2, 0.25) is 5.88 Å². The van der Waals surface area contributed by atoms with Gasteiger partial charge in [0.25, 0.3) is 5.91 Å². The van der Waals surface area contributed by atoms with Crippen LogP contribution in [0.15, 0.2) is 30.3 Å². The van der Waals surface area contributed by atoms with Gasteiger partial charge >= 0.3 is 0 Å². The molecule has 1 heterocycles. The third-order valence-electron chi connectivity index (χ3n) is 2.44. The van der Waals surface area contributed by atoms with Crippen molar-refractivity contribution in [2.24, 2.45) is 7.05 Å². The van der Waals surface area contributed by atoms with Crippen molar-refractivity contribution < 1.29 is 14.6 Å². The van der Waals surface area contributed by atoms with Gasteiger partial charge in [-0.3, -0.25) is 4.79 Å². The second kappa shape index (κ2) is 4.79. The summed E-state index contributed by atoms with van der Waals surface area (Å²) in [6.45, 7) is 0. The zero-order valence-corrected chi connectivity index (χ0v) is 10.0. The number of phenols is 1. The number of hydrogen-bond acceptors (Lipinski definition) is 4. The molecule has 0 radical (unpaired) electrons. The first-order valence-electron chi connectivity index (χ1n) is 5.29. The number of carbonyl (C=O) groups is 1. The van der Waals surface area contributed by atoms with Gasteiger partial charge in [-0.2, -0.15) is 5.10 Å². The molecule has 0 aliphatic carbocycles. The van der Waals surface area contributed by atoms with E-state index >= 15 is 0 Å². The lowest BCUT2D eigenvalue weighted by Gasteiger charge is -2.03. The van der Waals surface area contributed by atoms with Gasteiger partial charge in [0.05, 0.1) is 12.7 Å². The molecule has 0 spiro atoms. The van der Waals surface area contributed by atoms with E-state index in [0.717, 1.165) is 0 Å². The molecule has 0 aliphatic rings. The lowest BCUT2D eigenvalue weighted by atomic mass is 10.2. The molecule has 1 amide bonds. The Morgan fingerprint density at radius 1 is 1.44 bits per heavy atom. The van der Waals surface area contributed by atoms with Gasteiger partial charge in [-0.15, -0.1) is 0 Å². The molecule has 0 saturated heterocycles. The fourth-order valence-electron chi connectivity index (χ4n) is 1.55. The molecule has 0 fully saturated rings. The van der Waals surface area contributed by atoms with Crippen LogP contribution in [0.3, 0.4) is 0 Å². The Hall–Kier alpha value is -2.50. The third kappa shape index (κ3) is 2.27. The predicted molar refractivity (Wildman–Crippen MR) is 65.8 cm³/mol. The summed E-state index contributed by atoms with van der Waals surface area (Å²) >= 11 is 0. The monoisotopic (exact) mass is 247 g/mol. The first-order valence-corrected chi connectivity index (χ1v) is 5.29. The van der Waals surface area contributed by atoms with Crippen LogP contribution in [-0.2, 0) is 7.05 Å². The number of phenolic OH excluding ortho intramolecular Hbond substituents is 1. The Labute approximate surface area is 104 Å². The molecule has 1 aromatic carbocycles. The van der Waals surface area contributed by atoms with Crippen molar-refractivity contribution in [2.45, 2.75) is 0 Å². The first-order chi connectivity index (χ1) is 8.61. The molecule has 2 rings (SSSR count). The lowest BCUT2D eigenvalue weighted by Crippen LogP contribution is -2.12. The van der Waals surface area contributed by atoms with E-state index in [-0.39, 0.29) is 11.3 Å². The molecule has 6 heteroatoms. The van der Waals surface area contributed by atoms with E-state index in [9.17, 15) is 9.90 Å². The minimum absolute atomic E-state index is 0.0714. The summed E-state index contributed by atoms with van der Waals surface area (Å²) in [5.74, 6) is 0.400. The first kappa shape index (κ1) is 12.0. The number of nitrogens with one attached hydrogen (secondary N) is 1. The number of aromatic nitrogens is 2. The smallest absolute Gasteiger partial charge is 0.260 e. The number of amides is 1. The number of anilines is 1. The molecule has 0 unspecified atom stereocenters. The second-order valence-electron chi connectivity index (χ2n) is 3.67. The molecular formula is C12H13N3O3. The normalized spacial score (nSPS) is 10.1. The fraction of sp³-hybridized carbons (Fsp3) is 0.167. The highest BCUT2D eigenvalue weighted by molar-refractivity contribution is 6.05. The van der Waals surface area contributed by atoms with Crippen LogP contribution in [0.1, 0.15) is 10.4 Å². The highest BCUT2D eigenvalue weighted by Crippen LogP contribution is 2.19. The maximum Gasteiger partial charge on any atom is 0.260 e. The van der Waals surface area contributed by atoms with E-state index in [1.807, 2.05) is 0 Å². The fourth-order valence-corrected chi connectivity index (χ4v) is 1.55. The van der Waals surface area contributed by atoms with Gasteiger partial charge in [0, 0.05) is 13.1 Å². The number of carbonyl (C=O) groups excluding carboxylic acids is 1. The van der Waals surface area contributed by atoms with Crippen LogP contribution in [0, 0.1) is 0 Å². The molecule has 2 N–H and O–H groups in total. The van der Waals surface area contributed by atoms with E-state index in [2.05, 4.69) is 10.4 Å². The van der Waals surface area contributed by atoms with E-state index in [0.29, 0.717) is 11.7 Å². The molecule has 0 bridgehead atoms. The van der Waals surface area contributed by atoms with Gasteiger partial charge in [0.1, 0.15) is 5.75 Å². The minimum Gasteiger partial charge on any atom is -0.507 e. The minimum atomic E-state index is -0.422. The van der Waals surface area contributed by atoms with Gasteiger partial charge in [0.15, 0.2) is 5.82 Å². The van der Waals surface area contributed by atoms with Crippen LogP contribution in [-0.4, -0.2) is 27.9 Å². The summed E-state index contributed by atoms with van der Waals surface area (Å²) in [5.41, 5.74) is 0.196. The molecule has 0 atom stereocenters. The standard InChI is InChI=1S/C12H13N3O3/c1-15-11(18-2)7-10(14-15)13-12(17)8-5-3-4-6-9(8)16/h3-7,16H,1-2H3,(H,13,14,17). The summed E-state index contributed by atoms with van der Waals surface area (Å²) < 4.78 is 6.54. The average Bonchev–Trinajstić information content (AvgIpc) is 2.69. The summed E-state index contributed by atoms with van der Waals surface area (Å²) in [6.07, 6.45) is 0. The van der Waals surface area contributed by atoms with Crippen LogP contribution >= 0.6 is 0 Å². The summed E-state index contributed by atoms with van der Waals surface area (Å²) in [4.78, 5) is 11.9. The number of aryl methyl sites for hydroxylation is 1. The predicted octanol–water partition coefficient (Wildman–Crippen LogP) is 1.39. The van der Waals surface area contributed by atoms with E-state index in [1.165, 1.54) is 23.9 Å². The topological polar surface area (TPSA) is 76.4 Å². The number of aromatic hydroxyl groups is 1. The molecule has 94 valence electrons. The largest absolute Gasteiger partial charge is 0.507 e. The molecule has 0 saturated carbocycles. The SMILES string of the molecule is COc1cc(NC(=O)c2ccccc2O)nn1C. The van der Waals surface area contributed by atoms with E-state index in [1.54, 1.807) is 25.2 Å². The van der Waals surface area contributed by atoms with Gasteiger partial charge in [-0.25, -0.2) is 4.68 Å². The maximum absolute atomic E-state index is 11.9. The van der Waals surface area contributed by atoms with Crippen molar-refractivity contribution in [3.05, 3.63) is 35.9 Å². The van der Waals surface area contributed by atoms with E-state index in [4.69, 9.17) is 4.74 Å². The van der Waals surface area contributed by atoms with Crippen molar-refractivity contribution in [1.29, 1.82) is 0 Å². The van der Waals surface area contributed by atoms with Crippen LogP contribution < -0.4 is 10.1 Å². The molecule has 2 aromatic rings. The Morgan fingerprint density at radius 2 is 2.17 bits per heavy atom. The number of benzene rings is 1. The highest BCUT2D eigenvalue weighted by Gasteiger charge is 2.13. The van der Waals surface area contributed by atoms with Crippen LogP contribution in [0.25, 0.3) is 0 Å². The van der Waals surface area contributed by atoms with Crippen molar-refractivity contribution in [2.75, 3.05) is 12.4 Å². The zero-order chi connectivity index (χ0) is 13.1. The van der Waals surface area contributed by atoms with Crippen molar-refractivity contribution in [3.63, 3.8) is 0 Å². The molecular weight excluding hydrogens is 234 g/mol. The summed E-state index contributed by atoms with van der Waals surface area (Å²) in [7, 11) is 3.22. The Balaban J connectivity index is 2.19. The Morgan fingerprint density at radius 3 is 2.78 bits per heavy atom. The number of para-hydroxylation sites is 1. The molecule has 1 aromatic heterocycles. The molecule has 6 nitrogen and oxygen atoms in total. The number of ether oxygens (including phenoxy) is 1. The van der Waals surface area contributed by atoms with Crippen molar-refractivity contribution in [3.8, 4) is 11.6 Å². The number of hydrogen-bond donors (Lipinski definition) is 2. The average molecular weight is 247 g/mol. The molecule has 18 heavy (non-hydrogen) atoms. The number of nitrogens with zero attached hydrogens (tertiary/aromatic N) is 2. The second-order valence-corrected chi connectivity index (χ2v) is 3.67. The van der Waals surface area contributed by atoms with E-state index < -0.39 is 5.91 Å². The van der Waals surface area contributed by atoms with Gasteiger partial charge in [-0.1, -0.05) is 12.1 Å². The van der Waals surface area contributed by atoms with Crippen molar-refractivity contribution in [1.82, 2.24) is 9.78 Å². The quantitative estimate of drug-likeness (QED) is 0.859. The Kier molecular flexibility index (Phi) is 3.18. The van der Waals surface area contributed by atoms with Gasteiger partial charge < -0.3 is 15.2 Å². The number of methoxy groups -OCH3 is 1. The lowest BCUT2D eigenvalue weighted by molar-refractivity contribution is 0.102. The van der Waals surface area contributed by atoms with Crippen molar-refractivity contribution >= 4 is 11.7 Å². The highest BCUT2D eigenvalue weighted by atomic mass is 16.5. The summed E-state index contributed by atoms with van der Waals surface area (Å²) in [6, 6.07) is 7.90. The summed E-state index contributed by atoms with van der Waals surface area (Å²) in [5, 5.41) is 16.2.